The van der Waals surface area contributed by atoms with Gasteiger partial charge in [-0.15, -0.1) is 0 Å². The predicted molar refractivity (Wildman–Crippen MR) is 35.4 cm³/mol. The van der Waals surface area contributed by atoms with Crippen molar-refractivity contribution in [3.05, 3.63) is 10.2 Å². The van der Waals surface area contributed by atoms with Crippen molar-refractivity contribution in [2.24, 2.45) is 0 Å². The van der Waals surface area contributed by atoms with Gasteiger partial charge in [0.1, 0.15) is 10.2 Å². The average Bonchev–Trinajstić information content (AvgIpc) is 2.10. The van der Waals surface area contributed by atoms with E-state index in [0.717, 1.165) is 0 Å². The Labute approximate surface area is 66.2 Å². The van der Waals surface area contributed by atoms with Crippen LogP contribution in [0.15, 0.2) is 10.2 Å². The lowest BCUT2D eigenvalue weighted by Crippen LogP contribution is -2.22. The highest BCUT2D eigenvalue weighted by Crippen LogP contribution is 2.13. The van der Waals surface area contributed by atoms with Crippen LogP contribution < -0.4 is 10.6 Å². The first-order valence-electron chi connectivity index (χ1n) is 2.29. The van der Waals surface area contributed by atoms with Gasteiger partial charge >= 0.3 is 6.03 Å². The second-order valence-corrected chi connectivity index (χ2v) is 2.49. The van der Waals surface area contributed by atoms with Crippen LogP contribution in [-0.2, 0) is 4.79 Å². The maximum absolute atomic E-state index is 10.6. The van der Waals surface area contributed by atoms with Crippen LogP contribution in [0.2, 0.25) is 0 Å². The van der Waals surface area contributed by atoms with E-state index in [0.29, 0.717) is 0 Å². The van der Waals surface area contributed by atoms with Crippen molar-refractivity contribution < 1.29 is 9.59 Å². The normalized spacial score (nSPS) is 16.8. The SMILES string of the molecule is O=C1NC(=O)C(=C(Cl)Cl)N1. The van der Waals surface area contributed by atoms with Gasteiger partial charge in [0.25, 0.3) is 5.91 Å². The lowest BCUT2D eigenvalue weighted by molar-refractivity contribution is -0.115. The Morgan fingerprint density at radius 1 is 1.20 bits per heavy atom. The summed E-state index contributed by atoms with van der Waals surface area (Å²) >= 11 is 10.4. The number of carbonyl (C=O) groups is 2. The second-order valence-electron chi connectivity index (χ2n) is 1.54. The molecule has 4 nitrogen and oxygen atoms in total. The Hall–Kier alpha value is -0.740. The van der Waals surface area contributed by atoms with Crippen molar-refractivity contribution in [3.8, 4) is 0 Å². The van der Waals surface area contributed by atoms with Gasteiger partial charge in [-0.25, -0.2) is 4.79 Å². The first kappa shape index (κ1) is 7.37. The molecular formula is C4H2Cl2N2O2. The highest BCUT2D eigenvalue weighted by atomic mass is 35.5. The summed E-state index contributed by atoms with van der Waals surface area (Å²) in [5, 5.41) is 4.05. The van der Waals surface area contributed by atoms with E-state index < -0.39 is 11.9 Å². The van der Waals surface area contributed by atoms with E-state index in [1.165, 1.54) is 0 Å². The van der Waals surface area contributed by atoms with E-state index in [2.05, 4.69) is 5.32 Å². The van der Waals surface area contributed by atoms with Crippen LogP contribution in [0.3, 0.4) is 0 Å². The molecule has 0 aliphatic carbocycles. The lowest BCUT2D eigenvalue weighted by atomic mass is 10.5. The van der Waals surface area contributed by atoms with Crippen LogP contribution in [0, 0.1) is 0 Å². The molecule has 1 aliphatic rings. The summed E-state index contributed by atoms with van der Waals surface area (Å²) in [6.45, 7) is 0. The number of nitrogens with one attached hydrogen (secondary N) is 2. The standard InChI is InChI=1S/C4H2Cl2N2O2/c5-2(6)1-3(9)8-4(10)7-1/h(H2,7,8,9,10). The Kier molecular flexibility index (Phi) is 1.82. The van der Waals surface area contributed by atoms with Gasteiger partial charge in [0.15, 0.2) is 0 Å². The number of rotatable bonds is 0. The van der Waals surface area contributed by atoms with Crippen molar-refractivity contribution in [3.63, 3.8) is 0 Å². The van der Waals surface area contributed by atoms with Gasteiger partial charge in [-0.2, -0.15) is 0 Å². The summed E-state index contributed by atoms with van der Waals surface area (Å²) in [5.41, 5.74) is -0.103. The smallest absolute Gasteiger partial charge is 0.301 e. The van der Waals surface area contributed by atoms with Crippen LogP contribution in [-0.4, -0.2) is 11.9 Å². The summed E-state index contributed by atoms with van der Waals surface area (Å²) in [6, 6.07) is -0.612. The third-order valence-electron chi connectivity index (χ3n) is 0.882. The molecule has 0 spiro atoms. The molecule has 1 rings (SSSR count). The molecule has 0 aromatic carbocycles. The Bertz CT molecular complexity index is 231. The molecule has 0 saturated carbocycles. The largest absolute Gasteiger partial charge is 0.326 e. The Morgan fingerprint density at radius 3 is 2.00 bits per heavy atom. The molecule has 0 unspecified atom stereocenters. The van der Waals surface area contributed by atoms with E-state index >= 15 is 0 Å². The van der Waals surface area contributed by atoms with Crippen molar-refractivity contribution in [2.45, 2.75) is 0 Å². The number of urea groups is 1. The van der Waals surface area contributed by atoms with Crippen molar-refractivity contribution in [1.82, 2.24) is 10.6 Å². The molecule has 2 N–H and O–H groups in total. The third-order valence-corrected chi connectivity index (χ3v) is 1.26. The summed E-state index contributed by atoms with van der Waals surface area (Å²) in [4.78, 5) is 21.0. The van der Waals surface area contributed by atoms with E-state index in [1.807, 2.05) is 5.32 Å². The fourth-order valence-electron chi connectivity index (χ4n) is 0.500. The first-order valence-corrected chi connectivity index (χ1v) is 3.04. The Morgan fingerprint density at radius 2 is 1.80 bits per heavy atom. The molecule has 0 atom stereocenters. The quantitative estimate of drug-likeness (QED) is 0.421. The van der Waals surface area contributed by atoms with E-state index in [4.69, 9.17) is 23.2 Å². The molecule has 3 amide bonds. The molecule has 1 aliphatic heterocycles. The van der Waals surface area contributed by atoms with Gasteiger partial charge in [-0.05, 0) is 0 Å². The number of hydrogen-bond acceptors (Lipinski definition) is 2. The zero-order chi connectivity index (χ0) is 7.72. The third kappa shape index (κ3) is 1.22. The van der Waals surface area contributed by atoms with Gasteiger partial charge in [-0.3, -0.25) is 10.1 Å². The minimum Gasteiger partial charge on any atom is -0.301 e. The number of carbonyl (C=O) groups excluding carboxylic acids is 2. The maximum atomic E-state index is 10.6. The monoisotopic (exact) mass is 180 g/mol. The summed E-state index contributed by atoms with van der Waals surface area (Å²) in [5.74, 6) is -0.606. The summed E-state index contributed by atoms with van der Waals surface area (Å²) < 4.78 is -0.247. The van der Waals surface area contributed by atoms with Gasteiger partial charge in [0, 0.05) is 0 Å². The van der Waals surface area contributed by atoms with E-state index in [-0.39, 0.29) is 10.2 Å². The van der Waals surface area contributed by atoms with Gasteiger partial charge in [-0.1, -0.05) is 23.2 Å². The number of halogens is 2. The van der Waals surface area contributed by atoms with Gasteiger partial charge < -0.3 is 5.32 Å². The molecule has 0 radical (unpaired) electrons. The van der Waals surface area contributed by atoms with Crippen LogP contribution in [0.1, 0.15) is 0 Å². The molecule has 6 heteroatoms. The van der Waals surface area contributed by atoms with Gasteiger partial charge in [0.05, 0.1) is 0 Å². The second kappa shape index (κ2) is 2.48. The topological polar surface area (TPSA) is 58.2 Å². The zero-order valence-electron chi connectivity index (χ0n) is 4.57. The Balaban J connectivity index is 2.93. The first-order chi connectivity index (χ1) is 4.61. The molecule has 54 valence electrons. The minimum absolute atomic E-state index is 0.103. The van der Waals surface area contributed by atoms with Gasteiger partial charge in [0.2, 0.25) is 0 Å². The molecule has 0 aromatic heterocycles. The highest BCUT2D eigenvalue weighted by Gasteiger charge is 2.25. The molecule has 0 aromatic rings. The summed E-state index contributed by atoms with van der Waals surface area (Å²) in [7, 11) is 0. The van der Waals surface area contributed by atoms with Crippen LogP contribution in [0.4, 0.5) is 4.79 Å². The maximum Gasteiger partial charge on any atom is 0.326 e. The molecule has 1 heterocycles. The zero-order valence-corrected chi connectivity index (χ0v) is 6.08. The molecule has 10 heavy (non-hydrogen) atoms. The predicted octanol–water partition coefficient (Wildman–Crippen LogP) is 0.473. The lowest BCUT2D eigenvalue weighted by Gasteiger charge is -1.89. The van der Waals surface area contributed by atoms with Crippen LogP contribution >= 0.6 is 23.2 Å². The van der Waals surface area contributed by atoms with Crippen molar-refractivity contribution >= 4 is 35.1 Å². The molecule has 1 saturated heterocycles. The van der Waals surface area contributed by atoms with Crippen molar-refractivity contribution in [1.29, 1.82) is 0 Å². The molecular weight excluding hydrogens is 179 g/mol. The number of amides is 3. The number of hydrogen-bond donors (Lipinski definition) is 2. The van der Waals surface area contributed by atoms with Crippen LogP contribution in [0.5, 0.6) is 0 Å². The van der Waals surface area contributed by atoms with Crippen LogP contribution in [0.25, 0.3) is 0 Å². The van der Waals surface area contributed by atoms with Crippen molar-refractivity contribution in [2.75, 3.05) is 0 Å². The fraction of sp³-hybridized carbons (Fsp3) is 0. The number of imide groups is 1. The molecule has 0 bridgehead atoms. The minimum atomic E-state index is -0.612. The summed E-state index contributed by atoms with van der Waals surface area (Å²) in [6.07, 6.45) is 0. The van der Waals surface area contributed by atoms with E-state index in [1.54, 1.807) is 0 Å². The molecule has 1 fully saturated rings. The average molecular weight is 181 g/mol. The van der Waals surface area contributed by atoms with E-state index in [9.17, 15) is 9.59 Å². The highest BCUT2D eigenvalue weighted by molar-refractivity contribution is 6.57. The fourth-order valence-corrected chi connectivity index (χ4v) is 0.766.